The van der Waals surface area contributed by atoms with Crippen LogP contribution in [0.2, 0.25) is 0 Å². The lowest BCUT2D eigenvalue weighted by Crippen LogP contribution is -2.07. The molecule has 0 amide bonds. The summed E-state index contributed by atoms with van der Waals surface area (Å²) in [6, 6.07) is 12.3. The van der Waals surface area contributed by atoms with Crippen LogP contribution in [0.5, 0.6) is 5.75 Å². The van der Waals surface area contributed by atoms with E-state index < -0.39 is 0 Å². The number of hydrogen-bond donors (Lipinski definition) is 0. The van der Waals surface area contributed by atoms with Crippen LogP contribution in [0, 0.1) is 13.8 Å². The fourth-order valence-electron chi connectivity index (χ4n) is 3.04. The van der Waals surface area contributed by atoms with Gasteiger partial charge >= 0.3 is 0 Å². The Labute approximate surface area is 154 Å². The van der Waals surface area contributed by atoms with E-state index in [1.165, 1.54) is 5.56 Å². The summed E-state index contributed by atoms with van der Waals surface area (Å²) in [5, 5.41) is 4.34. The van der Waals surface area contributed by atoms with Gasteiger partial charge in [-0.2, -0.15) is 0 Å². The zero-order valence-corrected chi connectivity index (χ0v) is 16.0. The smallest absolute Gasteiger partial charge is 0.161 e. The zero-order chi connectivity index (χ0) is 18.7. The second kappa shape index (κ2) is 7.60. The third kappa shape index (κ3) is 3.72. The van der Waals surface area contributed by atoms with Crippen LogP contribution in [-0.2, 0) is 4.84 Å². The Balaban J connectivity index is 1.87. The number of rotatable bonds is 5. The predicted octanol–water partition coefficient (Wildman–Crippen LogP) is 4.40. The standard InChI is InChI=1S/C21H25N3O2/c1-14-8-6-7-9-16(14)19-12-21(26-23-19)17-10-15(2)18(11-20(17)25-5)22-13-24(3)4/h6-11,13,21H,12H2,1-5H3. The van der Waals surface area contributed by atoms with E-state index in [9.17, 15) is 0 Å². The first-order valence-electron chi connectivity index (χ1n) is 8.67. The molecule has 0 saturated carbocycles. The monoisotopic (exact) mass is 351 g/mol. The summed E-state index contributed by atoms with van der Waals surface area (Å²) in [4.78, 5) is 12.2. The van der Waals surface area contributed by atoms with E-state index in [2.05, 4.69) is 35.3 Å². The van der Waals surface area contributed by atoms with Crippen LogP contribution in [0.4, 0.5) is 5.69 Å². The van der Waals surface area contributed by atoms with Gasteiger partial charge in [0.25, 0.3) is 0 Å². The maximum absolute atomic E-state index is 5.76. The number of nitrogens with zero attached hydrogens (tertiary/aromatic N) is 3. The molecule has 2 aromatic carbocycles. The summed E-state index contributed by atoms with van der Waals surface area (Å²) < 4.78 is 5.61. The van der Waals surface area contributed by atoms with Gasteiger partial charge in [-0.25, -0.2) is 4.99 Å². The van der Waals surface area contributed by atoms with Crippen molar-refractivity contribution in [3.63, 3.8) is 0 Å². The van der Waals surface area contributed by atoms with E-state index in [1.807, 2.05) is 44.1 Å². The topological polar surface area (TPSA) is 46.4 Å². The maximum Gasteiger partial charge on any atom is 0.161 e. The molecule has 1 unspecified atom stereocenters. The van der Waals surface area contributed by atoms with Gasteiger partial charge in [0, 0.05) is 37.7 Å². The highest BCUT2D eigenvalue weighted by molar-refractivity contribution is 6.02. The first kappa shape index (κ1) is 18.0. The van der Waals surface area contributed by atoms with Crippen molar-refractivity contribution in [2.24, 2.45) is 10.1 Å². The van der Waals surface area contributed by atoms with Crippen LogP contribution >= 0.6 is 0 Å². The van der Waals surface area contributed by atoms with Gasteiger partial charge in [0.15, 0.2) is 6.10 Å². The predicted molar refractivity (Wildman–Crippen MR) is 106 cm³/mol. The minimum absolute atomic E-state index is 0.148. The van der Waals surface area contributed by atoms with Gasteiger partial charge in [0.2, 0.25) is 0 Å². The van der Waals surface area contributed by atoms with E-state index in [-0.39, 0.29) is 6.10 Å². The maximum atomic E-state index is 5.76. The first-order valence-corrected chi connectivity index (χ1v) is 8.67. The Morgan fingerprint density at radius 3 is 2.65 bits per heavy atom. The number of aryl methyl sites for hydroxylation is 2. The molecule has 0 spiro atoms. The van der Waals surface area contributed by atoms with Crippen molar-refractivity contribution in [3.8, 4) is 5.75 Å². The van der Waals surface area contributed by atoms with Gasteiger partial charge in [0.1, 0.15) is 5.75 Å². The Morgan fingerprint density at radius 2 is 1.96 bits per heavy atom. The van der Waals surface area contributed by atoms with Crippen molar-refractivity contribution in [1.82, 2.24) is 4.90 Å². The van der Waals surface area contributed by atoms with E-state index in [4.69, 9.17) is 9.57 Å². The largest absolute Gasteiger partial charge is 0.496 e. The summed E-state index contributed by atoms with van der Waals surface area (Å²) in [5.74, 6) is 0.771. The van der Waals surface area contributed by atoms with Crippen molar-refractivity contribution in [3.05, 3.63) is 58.7 Å². The number of ether oxygens (including phenoxy) is 1. The molecule has 26 heavy (non-hydrogen) atoms. The van der Waals surface area contributed by atoms with Gasteiger partial charge in [0.05, 0.1) is 24.8 Å². The molecule has 0 saturated heterocycles. The van der Waals surface area contributed by atoms with E-state index in [1.54, 1.807) is 13.4 Å². The molecule has 1 aliphatic rings. The summed E-state index contributed by atoms with van der Waals surface area (Å²) in [7, 11) is 5.56. The number of methoxy groups -OCH3 is 1. The Bertz CT molecular complexity index is 856. The third-order valence-corrected chi connectivity index (χ3v) is 4.45. The summed E-state index contributed by atoms with van der Waals surface area (Å²) in [6.07, 6.45) is 2.36. The van der Waals surface area contributed by atoms with Gasteiger partial charge in [-0.1, -0.05) is 29.4 Å². The molecule has 3 rings (SSSR count). The van der Waals surface area contributed by atoms with Crippen LogP contribution in [0.3, 0.4) is 0 Å². The molecule has 5 nitrogen and oxygen atoms in total. The quantitative estimate of drug-likeness (QED) is 0.592. The average Bonchev–Trinajstić information content (AvgIpc) is 3.10. The lowest BCUT2D eigenvalue weighted by Gasteiger charge is -2.16. The van der Waals surface area contributed by atoms with Crippen LogP contribution in [0.1, 0.15) is 34.8 Å². The molecule has 0 fully saturated rings. The van der Waals surface area contributed by atoms with Crippen LogP contribution in [-0.4, -0.2) is 38.2 Å². The molecule has 0 radical (unpaired) electrons. The second-order valence-corrected chi connectivity index (χ2v) is 6.74. The summed E-state index contributed by atoms with van der Waals surface area (Å²) >= 11 is 0. The number of benzene rings is 2. The molecule has 0 bridgehead atoms. The highest BCUT2D eigenvalue weighted by Crippen LogP contribution is 2.38. The number of oxime groups is 1. The fourth-order valence-corrected chi connectivity index (χ4v) is 3.04. The molecule has 0 aliphatic carbocycles. The summed E-state index contributed by atoms with van der Waals surface area (Å²) in [6.45, 7) is 4.14. The SMILES string of the molecule is COc1cc(N=CN(C)C)c(C)cc1C1CC(c2ccccc2C)=NO1. The van der Waals surface area contributed by atoms with Gasteiger partial charge in [-0.05, 0) is 31.0 Å². The van der Waals surface area contributed by atoms with Crippen molar-refractivity contribution in [1.29, 1.82) is 0 Å². The molecular weight excluding hydrogens is 326 g/mol. The van der Waals surface area contributed by atoms with Crippen LogP contribution in [0.25, 0.3) is 0 Å². The summed E-state index contributed by atoms with van der Waals surface area (Å²) in [5.41, 5.74) is 6.28. The molecule has 2 aromatic rings. The highest BCUT2D eigenvalue weighted by Gasteiger charge is 2.27. The second-order valence-electron chi connectivity index (χ2n) is 6.74. The van der Waals surface area contributed by atoms with Crippen molar-refractivity contribution in [2.75, 3.05) is 21.2 Å². The first-order chi connectivity index (χ1) is 12.5. The van der Waals surface area contributed by atoms with Crippen LogP contribution < -0.4 is 4.74 Å². The normalized spacial score (nSPS) is 16.5. The van der Waals surface area contributed by atoms with Gasteiger partial charge in [-0.15, -0.1) is 0 Å². The Hall–Kier alpha value is -2.82. The van der Waals surface area contributed by atoms with E-state index in [0.717, 1.165) is 40.3 Å². The lowest BCUT2D eigenvalue weighted by molar-refractivity contribution is 0.0836. The lowest BCUT2D eigenvalue weighted by atomic mass is 9.96. The van der Waals surface area contributed by atoms with Crippen LogP contribution in [0.15, 0.2) is 46.5 Å². The number of aliphatic imine (C=N–C) groups is 1. The van der Waals surface area contributed by atoms with Gasteiger partial charge < -0.3 is 14.5 Å². The minimum atomic E-state index is -0.148. The molecule has 1 heterocycles. The minimum Gasteiger partial charge on any atom is -0.496 e. The van der Waals surface area contributed by atoms with Crippen molar-refractivity contribution < 1.29 is 9.57 Å². The Kier molecular flexibility index (Phi) is 5.26. The van der Waals surface area contributed by atoms with Gasteiger partial charge in [-0.3, -0.25) is 0 Å². The fraction of sp³-hybridized carbons (Fsp3) is 0.333. The molecule has 136 valence electrons. The average molecular weight is 351 g/mol. The molecule has 5 heteroatoms. The molecule has 0 N–H and O–H groups in total. The number of hydrogen-bond acceptors (Lipinski definition) is 4. The van der Waals surface area contributed by atoms with Crippen molar-refractivity contribution in [2.45, 2.75) is 26.4 Å². The van der Waals surface area contributed by atoms with E-state index in [0.29, 0.717) is 0 Å². The highest BCUT2D eigenvalue weighted by atomic mass is 16.6. The molecule has 1 aliphatic heterocycles. The molecule has 0 aromatic heterocycles. The zero-order valence-electron chi connectivity index (χ0n) is 16.0. The molecular formula is C21H25N3O2. The van der Waals surface area contributed by atoms with E-state index >= 15 is 0 Å². The third-order valence-electron chi connectivity index (χ3n) is 4.45. The molecule has 1 atom stereocenters. The Morgan fingerprint density at radius 1 is 1.19 bits per heavy atom. The van der Waals surface area contributed by atoms with Crippen molar-refractivity contribution >= 4 is 17.7 Å².